The normalized spacial score (nSPS) is 10.2. The van der Waals surface area contributed by atoms with Crippen molar-refractivity contribution in [3.63, 3.8) is 0 Å². The van der Waals surface area contributed by atoms with Gasteiger partial charge in [-0.1, -0.05) is 0 Å². The Morgan fingerprint density at radius 3 is 2.69 bits per heavy atom. The van der Waals surface area contributed by atoms with Gasteiger partial charge in [-0.3, -0.25) is 0 Å². The summed E-state index contributed by atoms with van der Waals surface area (Å²) >= 11 is 0. The molecule has 6 nitrogen and oxygen atoms in total. The van der Waals surface area contributed by atoms with Gasteiger partial charge in [0, 0.05) is 11.6 Å². The van der Waals surface area contributed by atoms with Gasteiger partial charge in [-0.25, -0.2) is 8.78 Å². The number of nitriles is 1. The van der Waals surface area contributed by atoms with Crippen molar-refractivity contribution in [1.29, 1.82) is 5.26 Å². The van der Waals surface area contributed by atoms with Crippen LogP contribution < -0.4 is 0 Å². The van der Waals surface area contributed by atoms with E-state index in [0.717, 1.165) is 0 Å². The molecule has 0 radical (unpaired) electrons. The first-order valence-corrected chi connectivity index (χ1v) is 3.98. The van der Waals surface area contributed by atoms with Crippen LogP contribution in [0.15, 0.2) is 6.07 Å². The molecule has 0 saturated carbocycles. The number of hydrogen-bond acceptors (Lipinski definition) is 5. The Morgan fingerprint density at radius 1 is 1.69 bits per heavy atom. The van der Waals surface area contributed by atoms with Gasteiger partial charge in [0.05, 0.1) is 0 Å². The lowest BCUT2D eigenvalue weighted by Crippen LogP contribution is -2.04. The van der Waals surface area contributed by atoms with Gasteiger partial charge in [0.15, 0.2) is 5.69 Å². The first kappa shape index (κ1) is 11.9. The second-order valence-corrected chi connectivity index (χ2v) is 2.72. The van der Waals surface area contributed by atoms with Gasteiger partial charge in [-0.15, -0.1) is 0 Å². The van der Waals surface area contributed by atoms with Crippen LogP contribution in [-0.2, 0) is 6.61 Å². The zero-order valence-corrected chi connectivity index (χ0v) is 7.72. The quantitative estimate of drug-likeness (QED) is 0.621. The highest BCUT2D eigenvalue weighted by Gasteiger charge is 2.24. The highest BCUT2D eigenvalue weighted by atomic mass is 19.3. The van der Waals surface area contributed by atoms with Crippen LogP contribution >= 0.6 is 0 Å². The van der Waals surface area contributed by atoms with Crippen LogP contribution in [-0.4, -0.2) is 15.0 Å². The summed E-state index contributed by atoms with van der Waals surface area (Å²) in [5, 5.41) is 27.8. The monoisotopic (exact) mass is 229 g/mol. The predicted molar refractivity (Wildman–Crippen MR) is 46.5 cm³/mol. The lowest BCUT2D eigenvalue weighted by molar-refractivity contribution is -0.389. The van der Waals surface area contributed by atoms with E-state index in [2.05, 4.69) is 4.98 Å². The van der Waals surface area contributed by atoms with E-state index < -0.39 is 40.6 Å². The second kappa shape index (κ2) is 4.59. The maximum absolute atomic E-state index is 12.5. The fourth-order valence-electron chi connectivity index (χ4n) is 1.11. The van der Waals surface area contributed by atoms with E-state index in [9.17, 15) is 18.9 Å². The number of pyridine rings is 1. The van der Waals surface area contributed by atoms with Gasteiger partial charge in [0.2, 0.25) is 0 Å². The lowest BCUT2D eigenvalue weighted by atomic mass is 10.1. The zero-order valence-electron chi connectivity index (χ0n) is 7.72. The van der Waals surface area contributed by atoms with Crippen LogP contribution in [0.1, 0.15) is 23.2 Å². The maximum atomic E-state index is 12.5. The number of rotatable bonds is 3. The SMILES string of the molecule is N#Cc1c(C(F)F)cc([N+](=O)[O-])nc1CO. The summed E-state index contributed by atoms with van der Waals surface area (Å²) < 4.78 is 25.0. The molecule has 0 spiro atoms. The van der Waals surface area contributed by atoms with Gasteiger partial charge in [0.25, 0.3) is 6.43 Å². The Balaban J connectivity index is 3.51. The van der Waals surface area contributed by atoms with E-state index >= 15 is 0 Å². The van der Waals surface area contributed by atoms with Gasteiger partial charge < -0.3 is 15.2 Å². The van der Waals surface area contributed by atoms with Gasteiger partial charge in [0.1, 0.15) is 18.2 Å². The van der Waals surface area contributed by atoms with Crippen molar-refractivity contribution in [2.45, 2.75) is 13.0 Å². The van der Waals surface area contributed by atoms with Gasteiger partial charge in [-0.05, 0) is 9.91 Å². The molecule has 0 atom stereocenters. The molecule has 1 rings (SSSR count). The molecular weight excluding hydrogens is 224 g/mol. The molecule has 0 fully saturated rings. The Morgan fingerprint density at radius 2 is 2.31 bits per heavy atom. The number of nitrogens with zero attached hydrogens (tertiary/aromatic N) is 3. The van der Waals surface area contributed by atoms with Crippen molar-refractivity contribution in [1.82, 2.24) is 4.98 Å². The maximum Gasteiger partial charge on any atom is 0.364 e. The first-order chi connectivity index (χ1) is 7.51. The van der Waals surface area contributed by atoms with Crippen LogP contribution in [0.5, 0.6) is 0 Å². The van der Waals surface area contributed by atoms with E-state index in [4.69, 9.17) is 10.4 Å². The fourth-order valence-corrected chi connectivity index (χ4v) is 1.11. The molecule has 0 saturated heterocycles. The molecule has 0 aliphatic rings. The molecule has 1 heterocycles. The number of aliphatic hydroxyl groups excluding tert-OH is 1. The van der Waals surface area contributed by atoms with E-state index in [1.807, 2.05) is 0 Å². The summed E-state index contributed by atoms with van der Waals surface area (Å²) in [5.41, 5.74) is -1.75. The van der Waals surface area contributed by atoms with Crippen molar-refractivity contribution in [3.8, 4) is 6.07 Å². The van der Waals surface area contributed by atoms with Crippen molar-refractivity contribution in [3.05, 3.63) is 33.0 Å². The van der Waals surface area contributed by atoms with Crippen LogP contribution in [0.25, 0.3) is 0 Å². The molecule has 1 N–H and O–H groups in total. The topological polar surface area (TPSA) is 100 Å². The van der Waals surface area contributed by atoms with Crippen LogP contribution in [0, 0.1) is 21.4 Å². The van der Waals surface area contributed by atoms with E-state index in [-0.39, 0.29) is 0 Å². The minimum atomic E-state index is -3.04. The molecule has 16 heavy (non-hydrogen) atoms. The summed E-state index contributed by atoms with van der Waals surface area (Å²) in [5.74, 6) is -0.821. The third-order valence-corrected chi connectivity index (χ3v) is 1.80. The van der Waals surface area contributed by atoms with Crippen molar-refractivity contribution < 1.29 is 18.8 Å². The number of aromatic nitrogens is 1. The molecule has 0 unspecified atom stereocenters. The van der Waals surface area contributed by atoms with Crippen molar-refractivity contribution in [2.24, 2.45) is 0 Å². The van der Waals surface area contributed by atoms with Crippen molar-refractivity contribution in [2.75, 3.05) is 0 Å². The molecule has 0 aliphatic heterocycles. The zero-order chi connectivity index (χ0) is 12.3. The second-order valence-electron chi connectivity index (χ2n) is 2.72. The average molecular weight is 229 g/mol. The Hall–Kier alpha value is -2.14. The largest absolute Gasteiger partial charge is 0.388 e. The van der Waals surface area contributed by atoms with E-state index in [1.54, 1.807) is 0 Å². The molecule has 1 aromatic heterocycles. The third kappa shape index (κ3) is 2.09. The summed E-state index contributed by atoms with van der Waals surface area (Å²) in [7, 11) is 0. The Labute approximate surface area is 87.9 Å². The van der Waals surface area contributed by atoms with Crippen molar-refractivity contribution >= 4 is 5.82 Å². The molecule has 84 valence electrons. The van der Waals surface area contributed by atoms with Crippen LogP contribution in [0.2, 0.25) is 0 Å². The Bertz CT molecular complexity index is 470. The highest BCUT2D eigenvalue weighted by Crippen LogP contribution is 2.27. The van der Waals surface area contributed by atoms with Gasteiger partial charge in [-0.2, -0.15) is 5.26 Å². The number of halogens is 2. The first-order valence-electron chi connectivity index (χ1n) is 3.98. The standard InChI is InChI=1S/C8H5F2N3O3/c9-8(10)4-1-7(13(15)16)12-6(3-14)5(4)2-11/h1,8,14H,3H2. The number of aliphatic hydroxyl groups is 1. The summed E-state index contributed by atoms with van der Waals surface area (Å²) in [6.45, 7) is -0.815. The average Bonchev–Trinajstić information content (AvgIpc) is 2.26. The molecule has 1 aromatic rings. The number of alkyl halides is 2. The number of hydrogen-bond donors (Lipinski definition) is 1. The summed E-state index contributed by atoms with van der Waals surface area (Å²) in [4.78, 5) is 12.7. The molecule has 0 bridgehead atoms. The molecular formula is C8H5F2N3O3. The summed E-state index contributed by atoms with van der Waals surface area (Å²) in [6, 6.07) is 1.97. The van der Waals surface area contributed by atoms with E-state index in [0.29, 0.717) is 6.07 Å². The molecule has 0 aliphatic carbocycles. The minimum absolute atomic E-state index is 0.424. The number of nitro groups is 1. The smallest absolute Gasteiger partial charge is 0.364 e. The van der Waals surface area contributed by atoms with E-state index in [1.165, 1.54) is 6.07 Å². The van der Waals surface area contributed by atoms with Gasteiger partial charge >= 0.3 is 5.82 Å². The third-order valence-electron chi connectivity index (χ3n) is 1.80. The predicted octanol–water partition coefficient (Wildman–Crippen LogP) is 1.29. The molecule has 0 aromatic carbocycles. The molecule has 0 amide bonds. The fraction of sp³-hybridized carbons (Fsp3) is 0.250. The van der Waals surface area contributed by atoms with Crippen LogP contribution in [0.3, 0.4) is 0 Å². The molecule has 8 heteroatoms. The highest BCUT2D eigenvalue weighted by molar-refractivity contribution is 5.45. The summed E-state index contributed by atoms with van der Waals surface area (Å²) in [6.07, 6.45) is -3.04. The minimum Gasteiger partial charge on any atom is -0.388 e. The lowest BCUT2D eigenvalue weighted by Gasteiger charge is -2.03. The van der Waals surface area contributed by atoms with Crippen LogP contribution in [0.4, 0.5) is 14.6 Å². The Kier molecular flexibility index (Phi) is 3.42.